The third-order valence-corrected chi connectivity index (χ3v) is 10.1. The zero-order valence-electron chi connectivity index (χ0n) is 29.1. The topological polar surface area (TPSA) is 28.9 Å². The highest BCUT2D eigenvalue weighted by atomic mass is 16.5. The number of benzene rings is 8. The van der Waals surface area contributed by atoms with E-state index in [2.05, 4.69) is 174 Å². The molecule has 0 N–H and O–H groups in total. The maximum atomic E-state index is 6.53. The van der Waals surface area contributed by atoms with Crippen LogP contribution >= 0.6 is 0 Å². The lowest BCUT2D eigenvalue weighted by Crippen LogP contribution is -2.15. The van der Waals surface area contributed by atoms with E-state index in [1.54, 1.807) is 0 Å². The van der Waals surface area contributed by atoms with Crippen LogP contribution in [0.1, 0.15) is 5.56 Å². The molecule has 9 aromatic rings. The average molecular weight is 683 g/mol. The number of fused-ring (bicyclic) bond motifs is 5. The fourth-order valence-electron chi connectivity index (χ4n) is 7.45. The van der Waals surface area contributed by atoms with Gasteiger partial charge in [0.1, 0.15) is 11.2 Å². The first kappa shape index (κ1) is 30.8. The molecule has 0 spiro atoms. The molecule has 0 saturated heterocycles. The quantitative estimate of drug-likeness (QED) is 0.175. The van der Waals surface area contributed by atoms with E-state index in [4.69, 9.17) is 9.15 Å². The molecule has 0 saturated carbocycles. The molecule has 1 aliphatic heterocycles. The molecule has 4 heteroatoms. The molecular weight excluding hydrogens is 649 g/mol. The summed E-state index contributed by atoms with van der Waals surface area (Å²) in [5.74, 6) is 1.66. The van der Waals surface area contributed by atoms with E-state index in [-0.39, 0.29) is 0 Å². The Morgan fingerprint density at radius 2 is 1.00 bits per heavy atom. The van der Waals surface area contributed by atoms with E-state index in [1.165, 1.54) is 16.7 Å². The minimum absolute atomic E-state index is 0.824. The first-order chi connectivity index (χ1) is 26.2. The van der Waals surface area contributed by atoms with Gasteiger partial charge in [0.05, 0.1) is 11.4 Å². The zero-order chi connectivity index (χ0) is 35.3. The van der Waals surface area contributed by atoms with Gasteiger partial charge in [0.25, 0.3) is 0 Å². The fourth-order valence-corrected chi connectivity index (χ4v) is 7.45. The standard InChI is InChI=1S/C49H34N2O2/c1-33-15-22-40(23-16-33)51-44-12-6-8-14-47(44)53-49-31-37(21-30-45(49)51)36-19-26-39(27-20-36)50(38-24-17-35(18-25-38)34-9-3-2-4-10-34)41-28-29-43-42-11-5-7-13-46(42)52-48(43)32-41/h2-32H,1H3. The summed E-state index contributed by atoms with van der Waals surface area (Å²) in [6.45, 7) is 2.11. The molecular formula is C49H34N2O2. The smallest absolute Gasteiger partial charge is 0.152 e. The highest BCUT2D eigenvalue weighted by Crippen LogP contribution is 2.51. The third-order valence-electron chi connectivity index (χ3n) is 10.1. The van der Waals surface area contributed by atoms with Gasteiger partial charge in [0, 0.05) is 39.6 Å². The third kappa shape index (κ3) is 5.49. The zero-order valence-corrected chi connectivity index (χ0v) is 29.1. The van der Waals surface area contributed by atoms with Crippen LogP contribution in [-0.2, 0) is 0 Å². The van der Waals surface area contributed by atoms with E-state index in [9.17, 15) is 0 Å². The average Bonchev–Trinajstić information content (AvgIpc) is 3.59. The summed E-state index contributed by atoms with van der Waals surface area (Å²) in [6.07, 6.45) is 0. The number of anilines is 6. The van der Waals surface area contributed by atoms with Crippen molar-refractivity contribution in [2.45, 2.75) is 6.92 Å². The van der Waals surface area contributed by atoms with Gasteiger partial charge in [0.15, 0.2) is 11.5 Å². The van der Waals surface area contributed by atoms with E-state index >= 15 is 0 Å². The molecule has 2 heterocycles. The van der Waals surface area contributed by atoms with Gasteiger partial charge in [-0.1, -0.05) is 109 Å². The molecule has 0 atom stereocenters. The van der Waals surface area contributed by atoms with E-state index in [0.29, 0.717) is 0 Å². The Bertz CT molecular complexity index is 2750. The maximum absolute atomic E-state index is 6.53. The molecule has 1 aliphatic rings. The van der Waals surface area contributed by atoms with Crippen LogP contribution in [0.15, 0.2) is 192 Å². The molecule has 0 radical (unpaired) electrons. The molecule has 0 amide bonds. The van der Waals surface area contributed by atoms with Crippen LogP contribution in [0, 0.1) is 6.92 Å². The van der Waals surface area contributed by atoms with E-state index in [1.807, 2.05) is 30.3 Å². The fraction of sp³-hybridized carbons (Fsp3) is 0.0204. The number of hydrogen-bond acceptors (Lipinski definition) is 4. The van der Waals surface area contributed by atoms with Gasteiger partial charge in [-0.3, -0.25) is 0 Å². The second kappa shape index (κ2) is 12.6. The number of para-hydroxylation sites is 3. The number of nitrogens with zero attached hydrogens (tertiary/aromatic N) is 2. The van der Waals surface area contributed by atoms with Gasteiger partial charge in [-0.15, -0.1) is 0 Å². The van der Waals surface area contributed by atoms with Crippen molar-refractivity contribution in [1.29, 1.82) is 0 Å². The lowest BCUT2D eigenvalue weighted by atomic mass is 10.0. The van der Waals surface area contributed by atoms with Gasteiger partial charge in [-0.25, -0.2) is 0 Å². The summed E-state index contributed by atoms with van der Waals surface area (Å²) >= 11 is 0. The van der Waals surface area contributed by atoms with Crippen molar-refractivity contribution in [2.24, 2.45) is 0 Å². The van der Waals surface area contributed by atoms with E-state index < -0.39 is 0 Å². The molecule has 1 aromatic heterocycles. The van der Waals surface area contributed by atoms with Gasteiger partial charge < -0.3 is 19.0 Å². The molecule has 0 bridgehead atoms. The molecule has 0 fully saturated rings. The minimum atomic E-state index is 0.824. The number of aryl methyl sites for hydroxylation is 1. The minimum Gasteiger partial charge on any atom is -0.456 e. The van der Waals surface area contributed by atoms with Crippen molar-refractivity contribution in [2.75, 3.05) is 9.80 Å². The van der Waals surface area contributed by atoms with Crippen molar-refractivity contribution >= 4 is 56.1 Å². The van der Waals surface area contributed by atoms with Crippen molar-refractivity contribution in [3.8, 4) is 33.8 Å². The number of rotatable bonds is 6. The van der Waals surface area contributed by atoms with E-state index in [0.717, 1.165) is 78.7 Å². The summed E-state index contributed by atoms with van der Waals surface area (Å²) in [5, 5.41) is 2.23. The highest BCUT2D eigenvalue weighted by Gasteiger charge is 2.26. The van der Waals surface area contributed by atoms with Crippen LogP contribution in [0.4, 0.5) is 34.1 Å². The van der Waals surface area contributed by atoms with Crippen molar-refractivity contribution in [1.82, 2.24) is 0 Å². The molecule has 252 valence electrons. The van der Waals surface area contributed by atoms with Crippen molar-refractivity contribution in [3.63, 3.8) is 0 Å². The maximum Gasteiger partial charge on any atom is 0.152 e. The second-order valence-corrected chi connectivity index (χ2v) is 13.5. The van der Waals surface area contributed by atoms with Crippen LogP contribution in [-0.4, -0.2) is 0 Å². The molecule has 10 rings (SSSR count). The number of ether oxygens (including phenoxy) is 1. The SMILES string of the molecule is Cc1ccc(N2c3ccccc3Oc3cc(-c4ccc(N(c5ccc(-c6ccccc6)cc5)c5ccc6c(c5)oc5ccccc56)cc4)ccc32)cc1. The molecule has 8 aromatic carbocycles. The molecule has 4 nitrogen and oxygen atoms in total. The van der Waals surface area contributed by atoms with Crippen LogP contribution in [0.3, 0.4) is 0 Å². The highest BCUT2D eigenvalue weighted by molar-refractivity contribution is 6.06. The van der Waals surface area contributed by atoms with Crippen molar-refractivity contribution < 1.29 is 9.15 Å². The van der Waals surface area contributed by atoms with Crippen LogP contribution in [0.25, 0.3) is 44.2 Å². The van der Waals surface area contributed by atoms with Crippen LogP contribution in [0.5, 0.6) is 11.5 Å². The summed E-state index contributed by atoms with van der Waals surface area (Å²) in [5.41, 5.74) is 13.8. The lowest BCUT2D eigenvalue weighted by Gasteiger charge is -2.33. The monoisotopic (exact) mass is 682 g/mol. The van der Waals surface area contributed by atoms with Gasteiger partial charge in [0.2, 0.25) is 0 Å². The summed E-state index contributed by atoms with van der Waals surface area (Å²) in [4.78, 5) is 4.57. The molecule has 0 aliphatic carbocycles. The summed E-state index contributed by atoms with van der Waals surface area (Å²) in [7, 11) is 0. The molecule has 0 unspecified atom stereocenters. The Labute approximate surface area is 308 Å². The van der Waals surface area contributed by atoms with Crippen LogP contribution in [0.2, 0.25) is 0 Å². The summed E-state index contributed by atoms with van der Waals surface area (Å²) in [6, 6.07) is 66.1. The summed E-state index contributed by atoms with van der Waals surface area (Å²) < 4.78 is 12.9. The normalized spacial score (nSPS) is 12.0. The van der Waals surface area contributed by atoms with Gasteiger partial charge in [-0.05, 0) is 108 Å². The Morgan fingerprint density at radius 3 is 1.77 bits per heavy atom. The lowest BCUT2D eigenvalue weighted by molar-refractivity contribution is 0.477. The Hall–Kier alpha value is -7.04. The first-order valence-corrected chi connectivity index (χ1v) is 17.9. The number of furan rings is 1. The predicted octanol–water partition coefficient (Wildman–Crippen LogP) is 14.3. The van der Waals surface area contributed by atoms with Crippen molar-refractivity contribution in [3.05, 3.63) is 194 Å². The Balaban J connectivity index is 1.03. The largest absolute Gasteiger partial charge is 0.456 e. The van der Waals surface area contributed by atoms with Gasteiger partial charge in [-0.2, -0.15) is 0 Å². The Morgan fingerprint density at radius 1 is 0.415 bits per heavy atom. The Kier molecular flexibility index (Phi) is 7.33. The second-order valence-electron chi connectivity index (χ2n) is 13.5. The van der Waals surface area contributed by atoms with Gasteiger partial charge >= 0.3 is 0 Å². The predicted molar refractivity (Wildman–Crippen MR) is 219 cm³/mol. The first-order valence-electron chi connectivity index (χ1n) is 17.9. The molecule has 53 heavy (non-hydrogen) atoms. The van der Waals surface area contributed by atoms with Crippen LogP contribution < -0.4 is 14.5 Å². The number of hydrogen-bond donors (Lipinski definition) is 0.